The average Bonchev–Trinajstić information content (AvgIpc) is 2.45. The van der Waals surface area contributed by atoms with Gasteiger partial charge in [0.15, 0.2) is 0 Å². The molecule has 110 valence electrons. The second-order valence-corrected chi connectivity index (χ2v) is 7.90. The third kappa shape index (κ3) is 2.46. The van der Waals surface area contributed by atoms with Crippen LogP contribution in [0.4, 0.5) is 0 Å². The van der Waals surface area contributed by atoms with Crippen molar-refractivity contribution in [3.05, 3.63) is 34.3 Å². The van der Waals surface area contributed by atoms with Crippen LogP contribution in [0.1, 0.15) is 51.0 Å². The van der Waals surface area contributed by atoms with Crippen LogP contribution >= 0.6 is 15.9 Å². The maximum Gasteiger partial charge on any atom is 0.0210 e. The molecule has 2 fully saturated rings. The van der Waals surface area contributed by atoms with E-state index in [0.717, 1.165) is 18.4 Å². The van der Waals surface area contributed by atoms with Gasteiger partial charge in [0.25, 0.3) is 0 Å². The van der Waals surface area contributed by atoms with E-state index in [0.29, 0.717) is 11.3 Å². The van der Waals surface area contributed by atoms with Gasteiger partial charge in [-0.1, -0.05) is 54.4 Å². The lowest BCUT2D eigenvalue weighted by Gasteiger charge is -2.53. The summed E-state index contributed by atoms with van der Waals surface area (Å²) in [6.07, 6.45) is 5.56. The van der Waals surface area contributed by atoms with Gasteiger partial charge >= 0.3 is 0 Å². The van der Waals surface area contributed by atoms with E-state index < -0.39 is 0 Å². The van der Waals surface area contributed by atoms with Gasteiger partial charge in [-0.15, -0.1) is 0 Å². The van der Waals surface area contributed by atoms with E-state index in [2.05, 4.69) is 59.4 Å². The molecular weight excluding hydrogens is 310 g/mol. The molecule has 2 aliphatic rings. The number of piperidine rings is 1. The van der Waals surface area contributed by atoms with Gasteiger partial charge in [0, 0.05) is 16.9 Å². The Bertz CT molecular complexity index is 472. The summed E-state index contributed by atoms with van der Waals surface area (Å²) in [5.41, 5.74) is 2.03. The van der Waals surface area contributed by atoms with Crippen molar-refractivity contribution in [2.24, 2.45) is 17.3 Å². The molecule has 1 saturated heterocycles. The first-order valence-corrected chi connectivity index (χ1v) is 8.88. The molecule has 0 amide bonds. The number of nitrogens with one attached hydrogen (secondary N) is 1. The number of hydrogen-bond donors (Lipinski definition) is 1. The molecule has 2 heteroatoms. The molecular formula is C18H26BrN. The van der Waals surface area contributed by atoms with Crippen LogP contribution in [0.3, 0.4) is 0 Å². The van der Waals surface area contributed by atoms with E-state index in [1.165, 1.54) is 42.3 Å². The van der Waals surface area contributed by atoms with Crippen LogP contribution in [-0.4, -0.2) is 13.1 Å². The normalized spacial score (nSPS) is 38.0. The fraction of sp³-hybridized carbons (Fsp3) is 0.667. The molecule has 1 saturated carbocycles. The Morgan fingerprint density at radius 3 is 2.75 bits per heavy atom. The maximum atomic E-state index is 3.79. The van der Waals surface area contributed by atoms with E-state index in [9.17, 15) is 0 Å². The Hall–Kier alpha value is -0.340. The number of rotatable bonds is 1. The predicted octanol–water partition coefficient (Wildman–Crippen LogP) is 4.97. The maximum absolute atomic E-state index is 3.79. The summed E-state index contributed by atoms with van der Waals surface area (Å²) in [4.78, 5) is 0. The highest BCUT2D eigenvalue weighted by atomic mass is 79.9. The van der Waals surface area contributed by atoms with Crippen molar-refractivity contribution in [1.82, 2.24) is 5.32 Å². The summed E-state index contributed by atoms with van der Waals surface area (Å²) in [5, 5.41) is 3.64. The van der Waals surface area contributed by atoms with E-state index in [-0.39, 0.29) is 0 Å². The molecule has 20 heavy (non-hydrogen) atoms. The molecule has 4 unspecified atom stereocenters. The fourth-order valence-corrected chi connectivity index (χ4v) is 5.29. The van der Waals surface area contributed by atoms with Crippen molar-refractivity contribution in [3.63, 3.8) is 0 Å². The molecule has 1 aliphatic carbocycles. The van der Waals surface area contributed by atoms with Crippen LogP contribution in [0, 0.1) is 17.3 Å². The van der Waals surface area contributed by atoms with Crippen LogP contribution < -0.4 is 5.32 Å². The van der Waals surface area contributed by atoms with Gasteiger partial charge in [-0.25, -0.2) is 0 Å². The minimum atomic E-state index is 0.516. The van der Waals surface area contributed by atoms with Crippen molar-refractivity contribution in [3.8, 4) is 0 Å². The highest BCUT2D eigenvalue weighted by Crippen LogP contribution is 2.55. The Balaban J connectivity index is 1.97. The third-order valence-electron chi connectivity index (χ3n) is 5.93. The Labute approximate surface area is 131 Å². The summed E-state index contributed by atoms with van der Waals surface area (Å²) in [6, 6.07) is 8.85. The van der Waals surface area contributed by atoms with E-state index in [4.69, 9.17) is 0 Å². The summed E-state index contributed by atoms with van der Waals surface area (Å²) >= 11 is 3.79. The Kier molecular flexibility index (Phi) is 4.24. The molecule has 4 atom stereocenters. The zero-order valence-corrected chi connectivity index (χ0v) is 14.2. The highest BCUT2D eigenvalue weighted by Gasteiger charge is 2.47. The second-order valence-electron chi connectivity index (χ2n) is 7.04. The Morgan fingerprint density at radius 2 is 2.00 bits per heavy atom. The van der Waals surface area contributed by atoms with Crippen LogP contribution in [0.25, 0.3) is 0 Å². The summed E-state index contributed by atoms with van der Waals surface area (Å²) < 4.78 is 1.29. The van der Waals surface area contributed by atoms with Crippen molar-refractivity contribution in [2.75, 3.05) is 13.1 Å². The topological polar surface area (TPSA) is 12.0 Å². The standard InChI is InChI=1S/C18H26BrN/c1-13-7-8-18(14(2)11-13)9-10-20-12-16(18)15-5-3-4-6-17(15)19/h3-6,13-14,16,20H,7-12H2,1-2H3. The summed E-state index contributed by atoms with van der Waals surface area (Å²) in [6.45, 7) is 7.27. The number of halogens is 1. The number of hydrogen-bond acceptors (Lipinski definition) is 1. The van der Waals surface area contributed by atoms with Gasteiger partial charge in [-0.3, -0.25) is 0 Å². The molecule has 1 heterocycles. The molecule has 0 aromatic heterocycles. The first kappa shape index (κ1) is 14.6. The lowest BCUT2D eigenvalue weighted by molar-refractivity contribution is 0.0227. The highest BCUT2D eigenvalue weighted by molar-refractivity contribution is 9.10. The smallest absolute Gasteiger partial charge is 0.0210 e. The Morgan fingerprint density at radius 1 is 1.20 bits per heavy atom. The molecule has 1 aromatic rings. The molecule has 1 aromatic carbocycles. The van der Waals surface area contributed by atoms with Gasteiger partial charge in [0.05, 0.1) is 0 Å². The van der Waals surface area contributed by atoms with Crippen LogP contribution in [0.2, 0.25) is 0 Å². The first-order chi connectivity index (χ1) is 9.63. The van der Waals surface area contributed by atoms with Gasteiger partial charge in [0.1, 0.15) is 0 Å². The van der Waals surface area contributed by atoms with Crippen molar-refractivity contribution >= 4 is 15.9 Å². The van der Waals surface area contributed by atoms with Gasteiger partial charge < -0.3 is 5.32 Å². The van der Waals surface area contributed by atoms with Crippen molar-refractivity contribution < 1.29 is 0 Å². The molecule has 3 rings (SSSR count). The van der Waals surface area contributed by atoms with E-state index in [1.807, 2.05) is 0 Å². The largest absolute Gasteiger partial charge is 0.316 e. The van der Waals surface area contributed by atoms with E-state index >= 15 is 0 Å². The summed E-state index contributed by atoms with van der Waals surface area (Å²) in [7, 11) is 0. The monoisotopic (exact) mass is 335 g/mol. The quantitative estimate of drug-likeness (QED) is 0.764. The zero-order valence-electron chi connectivity index (χ0n) is 12.7. The van der Waals surface area contributed by atoms with Crippen LogP contribution in [0.15, 0.2) is 28.7 Å². The van der Waals surface area contributed by atoms with Gasteiger partial charge in [-0.2, -0.15) is 0 Å². The predicted molar refractivity (Wildman–Crippen MR) is 89.0 cm³/mol. The lowest BCUT2D eigenvalue weighted by Crippen LogP contribution is -2.49. The minimum absolute atomic E-state index is 0.516. The summed E-state index contributed by atoms with van der Waals surface area (Å²) in [5.74, 6) is 2.41. The zero-order chi connectivity index (χ0) is 14.2. The van der Waals surface area contributed by atoms with Crippen LogP contribution in [-0.2, 0) is 0 Å². The van der Waals surface area contributed by atoms with Gasteiger partial charge in [0.2, 0.25) is 0 Å². The molecule has 1 N–H and O–H groups in total. The third-order valence-corrected chi connectivity index (χ3v) is 6.65. The lowest BCUT2D eigenvalue weighted by atomic mass is 9.54. The molecule has 0 bridgehead atoms. The number of benzene rings is 1. The molecule has 1 spiro atoms. The average molecular weight is 336 g/mol. The second kappa shape index (κ2) is 5.81. The first-order valence-electron chi connectivity index (χ1n) is 8.08. The minimum Gasteiger partial charge on any atom is -0.316 e. The van der Waals surface area contributed by atoms with Crippen LogP contribution in [0.5, 0.6) is 0 Å². The van der Waals surface area contributed by atoms with Gasteiger partial charge in [-0.05, 0) is 54.7 Å². The molecule has 1 nitrogen and oxygen atoms in total. The van der Waals surface area contributed by atoms with E-state index in [1.54, 1.807) is 0 Å². The van der Waals surface area contributed by atoms with Crippen molar-refractivity contribution in [1.29, 1.82) is 0 Å². The molecule has 0 radical (unpaired) electrons. The van der Waals surface area contributed by atoms with Crippen molar-refractivity contribution in [2.45, 2.75) is 45.4 Å². The molecule has 1 aliphatic heterocycles. The SMILES string of the molecule is CC1CCC2(CCNCC2c2ccccc2Br)C(C)C1. The fourth-order valence-electron chi connectivity index (χ4n) is 4.73.